The van der Waals surface area contributed by atoms with Crippen LogP contribution in [-0.4, -0.2) is 22.1 Å². The number of carbonyl (C=O) groups is 1. The summed E-state index contributed by atoms with van der Waals surface area (Å²) in [7, 11) is 0. The molecule has 0 saturated carbocycles. The Labute approximate surface area is 75.6 Å². The molecule has 1 aliphatic heterocycles. The molecule has 0 unspecified atom stereocenters. The lowest BCUT2D eigenvalue weighted by Crippen LogP contribution is -2.41. The summed E-state index contributed by atoms with van der Waals surface area (Å²) in [6.45, 7) is 0.549. The highest BCUT2D eigenvalue weighted by Crippen LogP contribution is 2.13. The number of nitrogens with one attached hydrogen (secondary N) is 1. The van der Waals surface area contributed by atoms with Crippen LogP contribution in [0.25, 0.3) is 0 Å². The second kappa shape index (κ2) is 3.14. The van der Waals surface area contributed by atoms with Crippen molar-refractivity contribution in [2.45, 2.75) is 19.0 Å². The summed E-state index contributed by atoms with van der Waals surface area (Å²) in [4.78, 5) is 14.8. The minimum atomic E-state index is -0.797. The minimum absolute atomic E-state index is 0.461. The van der Waals surface area contributed by atoms with Crippen LogP contribution in [0, 0.1) is 0 Å². The minimum Gasteiger partial charge on any atom is -0.480 e. The molecule has 0 aromatic carbocycles. The number of nitrogens with zero attached hydrogens (tertiary/aromatic N) is 1. The van der Waals surface area contributed by atoms with E-state index in [0.717, 1.165) is 11.3 Å². The molecule has 2 heterocycles. The van der Waals surface area contributed by atoms with E-state index in [2.05, 4.69) is 10.3 Å². The van der Waals surface area contributed by atoms with Crippen LogP contribution in [0.2, 0.25) is 0 Å². The maximum atomic E-state index is 10.7. The van der Waals surface area contributed by atoms with E-state index in [1.165, 1.54) is 0 Å². The quantitative estimate of drug-likeness (QED) is 0.644. The Morgan fingerprint density at radius 2 is 2.54 bits per heavy atom. The molecule has 0 bridgehead atoms. The fraction of sp³-hybridized carbons (Fsp3) is 0.333. The first-order chi connectivity index (χ1) is 6.27. The van der Waals surface area contributed by atoms with Gasteiger partial charge in [0.15, 0.2) is 0 Å². The van der Waals surface area contributed by atoms with Crippen LogP contribution in [0.5, 0.6) is 0 Å². The van der Waals surface area contributed by atoms with E-state index in [1.54, 1.807) is 6.20 Å². The van der Waals surface area contributed by atoms with Crippen molar-refractivity contribution in [1.82, 2.24) is 10.3 Å². The largest absolute Gasteiger partial charge is 0.480 e. The van der Waals surface area contributed by atoms with Gasteiger partial charge < -0.3 is 5.11 Å². The predicted molar refractivity (Wildman–Crippen MR) is 46.2 cm³/mol. The Kier molecular flexibility index (Phi) is 1.98. The van der Waals surface area contributed by atoms with Gasteiger partial charge in [0.25, 0.3) is 0 Å². The summed E-state index contributed by atoms with van der Waals surface area (Å²) >= 11 is 0. The van der Waals surface area contributed by atoms with Crippen molar-refractivity contribution in [3.63, 3.8) is 0 Å². The maximum Gasteiger partial charge on any atom is 0.321 e. The molecule has 0 spiro atoms. The third kappa shape index (κ3) is 1.53. The van der Waals surface area contributed by atoms with E-state index in [4.69, 9.17) is 5.11 Å². The van der Waals surface area contributed by atoms with Crippen LogP contribution < -0.4 is 5.32 Å². The Morgan fingerprint density at radius 1 is 1.69 bits per heavy atom. The molecule has 13 heavy (non-hydrogen) atoms. The molecule has 0 aliphatic carbocycles. The molecular formula is C9H10N2O2. The van der Waals surface area contributed by atoms with Crippen molar-refractivity contribution in [2.75, 3.05) is 0 Å². The first-order valence-corrected chi connectivity index (χ1v) is 4.16. The smallest absolute Gasteiger partial charge is 0.321 e. The molecule has 1 atom stereocenters. The topological polar surface area (TPSA) is 62.2 Å². The normalized spacial score (nSPS) is 20.8. The van der Waals surface area contributed by atoms with E-state index in [1.807, 2.05) is 12.1 Å². The third-order valence-corrected chi connectivity index (χ3v) is 2.22. The van der Waals surface area contributed by atoms with Crippen molar-refractivity contribution in [2.24, 2.45) is 0 Å². The van der Waals surface area contributed by atoms with Gasteiger partial charge in [-0.25, -0.2) is 0 Å². The predicted octanol–water partition coefficient (Wildman–Crippen LogP) is 0.181. The summed E-state index contributed by atoms with van der Waals surface area (Å²) in [6.07, 6.45) is 2.25. The second-order valence-electron chi connectivity index (χ2n) is 3.09. The zero-order valence-electron chi connectivity index (χ0n) is 7.03. The van der Waals surface area contributed by atoms with Gasteiger partial charge in [0.05, 0.1) is 5.69 Å². The average molecular weight is 178 g/mol. The highest BCUT2D eigenvalue weighted by molar-refractivity contribution is 5.74. The number of hydrogen-bond acceptors (Lipinski definition) is 3. The summed E-state index contributed by atoms with van der Waals surface area (Å²) in [6, 6.07) is 3.30. The maximum absolute atomic E-state index is 10.7. The van der Waals surface area contributed by atoms with Crippen LogP contribution in [0.1, 0.15) is 11.3 Å². The molecule has 0 radical (unpaired) electrons. The second-order valence-corrected chi connectivity index (χ2v) is 3.09. The molecular weight excluding hydrogens is 168 g/mol. The Hall–Kier alpha value is -1.42. The zero-order valence-corrected chi connectivity index (χ0v) is 7.03. The standard InChI is InChI=1S/C9H10N2O2/c12-9(13)7-4-6-2-1-3-10-8(6)5-11-7/h1-3,7,11H,4-5H2,(H,12,13)/t7-/m0/s1. The van der Waals surface area contributed by atoms with Crippen molar-refractivity contribution >= 4 is 5.97 Å². The number of aliphatic carboxylic acids is 1. The van der Waals surface area contributed by atoms with Crippen LogP contribution in [0.15, 0.2) is 18.3 Å². The van der Waals surface area contributed by atoms with Gasteiger partial charge in [0.1, 0.15) is 6.04 Å². The number of pyridine rings is 1. The number of aromatic nitrogens is 1. The number of fused-ring (bicyclic) bond motifs is 1. The molecule has 0 saturated heterocycles. The van der Waals surface area contributed by atoms with Crippen molar-refractivity contribution in [3.8, 4) is 0 Å². The lowest BCUT2D eigenvalue weighted by atomic mass is 10.0. The van der Waals surface area contributed by atoms with Gasteiger partial charge in [-0.15, -0.1) is 0 Å². The molecule has 68 valence electrons. The van der Waals surface area contributed by atoms with Crippen molar-refractivity contribution in [1.29, 1.82) is 0 Å². The molecule has 0 amide bonds. The highest BCUT2D eigenvalue weighted by Gasteiger charge is 2.23. The fourth-order valence-corrected chi connectivity index (χ4v) is 1.50. The van der Waals surface area contributed by atoms with Gasteiger partial charge in [0, 0.05) is 19.2 Å². The Bertz CT molecular complexity index is 338. The molecule has 1 aromatic rings. The molecule has 2 N–H and O–H groups in total. The van der Waals surface area contributed by atoms with E-state index in [9.17, 15) is 4.79 Å². The number of rotatable bonds is 1. The number of hydrogen-bond donors (Lipinski definition) is 2. The van der Waals surface area contributed by atoms with Crippen LogP contribution in [0.3, 0.4) is 0 Å². The summed E-state index contributed by atoms with van der Waals surface area (Å²) in [5, 5.41) is 11.7. The zero-order chi connectivity index (χ0) is 9.26. The SMILES string of the molecule is O=C(O)[C@@H]1Cc2cccnc2CN1. The molecule has 1 aliphatic rings. The fourth-order valence-electron chi connectivity index (χ4n) is 1.50. The van der Waals surface area contributed by atoms with Gasteiger partial charge in [-0.3, -0.25) is 15.1 Å². The van der Waals surface area contributed by atoms with Crippen LogP contribution in [-0.2, 0) is 17.8 Å². The summed E-state index contributed by atoms with van der Waals surface area (Å²) in [5.41, 5.74) is 1.99. The van der Waals surface area contributed by atoms with Gasteiger partial charge in [-0.1, -0.05) is 6.07 Å². The summed E-state index contributed by atoms with van der Waals surface area (Å²) in [5.74, 6) is -0.797. The molecule has 4 nitrogen and oxygen atoms in total. The Balaban J connectivity index is 2.24. The van der Waals surface area contributed by atoms with Gasteiger partial charge >= 0.3 is 5.97 Å². The molecule has 1 aromatic heterocycles. The van der Waals surface area contributed by atoms with Crippen molar-refractivity contribution in [3.05, 3.63) is 29.6 Å². The number of carboxylic acid groups (broad SMARTS) is 1. The first-order valence-electron chi connectivity index (χ1n) is 4.16. The summed E-state index contributed by atoms with van der Waals surface area (Å²) < 4.78 is 0. The molecule has 2 rings (SSSR count). The van der Waals surface area contributed by atoms with Gasteiger partial charge in [-0.2, -0.15) is 0 Å². The third-order valence-electron chi connectivity index (χ3n) is 2.22. The van der Waals surface area contributed by atoms with E-state index >= 15 is 0 Å². The van der Waals surface area contributed by atoms with Gasteiger partial charge in [0.2, 0.25) is 0 Å². The highest BCUT2D eigenvalue weighted by atomic mass is 16.4. The average Bonchev–Trinajstić information content (AvgIpc) is 2.17. The molecule has 0 fully saturated rings. The van der Waals surface area contributed by atoms with Gasteiger partial charge in [-0.05, 0) is 11.6 Å². The van der Waals surface area contributed by atoms with E-state index < -0.39 is 12.0 Å². The lowest BCUT2D eigenvalue weighted by molar-refractivity contribution is -0.139. The molecule has 4 heteroatoms. The monoisotopic (exact) mass is 178 g/mol. The lowest BCUT2D eigenvalue weighted by Gasteiger charge is -2.21. The first kappa shape index (κ1) is 8.19. The number of carboxylic acids is 1. The van der Waals surface area contributed by atoms with E-state index in [0.29, 0.717) is 13.0 Å². The van der Waals surface area contributed by atoms with Crippen LogP contribution in [0.4, 0.5) is 0 Å². The van der Waals surface area contributed by atoms with E-state index in [-0.39, 0.29) is 0 Å². The van der Waals surface area contributed by atoms with Crippen LogP contribution >= 0.6 is 0 Å². The van der Waals surface area contributed by atoms with Crippen molar-refractivity contribution < 1.29 is 9.90 Å². The Morgan fingerprint density at radius 3 is 3.31 bits per heavy atom.